The first-order valence-electron chi connectivity index (χ1n) is 12.9. The van der Waals surface area contributed by atoms with Gasteiger partial charge in [0.2, 0.25) is 5.69 Å². The Labute approximate surface area is 200 Å². The zero-order chi connectivity index (χ0) is 23.7. The SMILES string of the molecule is Cc1c(C2=Cc3cc(C4CCC(C)(C)C4)cc4cc[n+](C)c2c34)cc(C(C)C)cc1C(C)C. The highest BCUT2D eigenvalue weighted by Crippen LogP contribution is 2.48. The Bertz CT molecular complexity index is 1290. The molecule has 1 saturated carbocycles. The summed E-state index contributed by atoms with van der Waals surface area (Å²) in [6.45, 7) is 16.5. The Morgan fingerprint density at radius 1 is 1.00 bits per heavy atom. The summed E-state index contributed by atoms with van der Waals surface area (Å²) >= 11 is 0. The number of rotatable bonds is 4. The molecule has 2 aliphatic rings. The predicted octanol–water partition coefficient (Wildman–Crippen LogP) is 8.42. The lowest BCUT2D eigenvalue weighted by molar-refractivity contribution is -0.672. The maximum absolute atomic E-state index is 2.51. The maximum Gasteiger partial charge on any atom is 0.221 e. The number of aryl methyl sites for hydroxylation is 1. The van der Waals surface area contributed by atoms with Gasteiger partial charge in [0.15, 0.2) is 6.20 Å². The van der Waals surface area contributed by atoms with Crippen LogP contribution in [0.2, 0.25) is 0 Å². The fraction of sp³-hybridized carbons (Fsp3) is 0.469. The van der Waals surface area contributed by atoms with Crippen molar-refractivity contribution in [3.8, 4) is 0 Å². The molecular formula is C32H40N+. The van der Waals surface area contributed by atoms with Crippen molar-refractivity contribution in [2.45, 2.75) is 85.5 Å². The lowest BCUT2D eigenvalue weighted by Crippen LogP contribution is -2.32. The molecule has 0 radical (unpaired) electrons. The van der Waals surface area contributed by atoms with Crippen LogP contribution in [0.5, 0.6) is 0 Å². The molecule has 0 saturated heterocycles. The van der Waals surface area contributed by atoms with Gasteiger partial charge in [0.05, 0.1) is 11.0 Å². The molecule has 1 fully saturated rings. The van der Waals surface area contributed by atoms with E-state index in [4.69, 9.17) is 0 Å². The third kappa shape index (κ3) is 3.74. The van der Waals surface area contributed by atoms with Gasteiger partial charge in [-0.2, -0.15) is 0 Å². The molecule has 0 N–H and O–H groups in total. The van der Waals surface area contributed by atoms with Crippen LogP contribution in [0.4, 0.5) is 0 Å². The normalized spacial score (nSPS) is 19.2. The van der Waals surface area contributed by atoms with Crippen molar-refractivity contribution in [3.05, 3.63) is 75.6 Å². The number of aromatic nitrogens is 1. The van der Waals surface area contributed by atoms with E-state index in [0.29, 0.717) is 23.2 Å². The molecule has 0 amide bonds. The fourth-order valence-corrected chi connectivity index (χ4v) is 6.36. The van der Waals surface area contributed by atoms with Crippen LogP contribution in [0.1, 0.15) is 118 Å². The molecule has 3 aromatic rings. The molecule has 0 aliphatic heterocycles. The summed E-state index contributed by atoms with van der Waals surface area (Å²) in [4.78, 5) is 0. The highest BCUT2D eigenvalue weighted by molar-refractivity contribution is 6.11. The highest BCUT2D eigenvalue weighted by atomic mass is 14.9. The second-order valence-electron chi connectivity index (χ2n) is 12.1. The molecule has 1 heteroatoms. The molecule has 1 atom stereocenters. The molecule has 1 nitrogen and oxygen atoms in total. The van der Waals surface area contributed by atoms with Crippen molar-refractivity contribution < 1.29 is 4.57 Å². The van der Waals surface area contributed by atoms with E-state index in [2.05, 4.69) is 103 Å². The van der Waals surface area contributed by atoms with Gasteiger partial charge in [-0.05, 0) is 94.2 Å². The van der Waals surface area contributed by atoms with E-state index < -0.39 is 0 Å². The second kappa shape index (κ2) is 7.83. The summed E-state index contributed by atoms with van der Waals surface area (Å²) < 4.78 is 2.33. The van der Waals surface area contributed by atoms with E-state index in [1.165, 1.54) is 74.7 Å². The van der Waals surface area contributed by atoms with Gasteiger partial charge in [-0.25, -0.2) is 4.57 Å². The van der Waals surface area contributed by atoms with Gasteiger partial charge in [-0.15, -0.1) is 0 Å². The molecule has 2 aliphatic carbocycles. The van der Waals surface area contributed by atoms with Crippen LogP contribution in [0.15, 0.2) is 36.5 Å². The minimum Gasteiger partial charge on any atom is -0.200 e. The van der Waals surface area contributed by atoms with Crippen molar-refractivity contribution in [1.29, 1.82) is 0 Å². The molecule has 0 spiro atoms. The monoisotopic (exact) mass is 438 g/mol. The first kappa shape index (κ1) is 22.4. The van der Waals surface area contributed by atoms with Gasteiger partial charge in [0.1, 0.15) is 7.05 Å². The van der Waals surface area contributed by atoms with E-state index in [-0.39, 0.29) is 0 Å². The molecule has 172 valence electrons. The molecule has 0 bridgehead atoms. The van der Waals surface area contributed by atoms with Crippen molar-refractivity contribution in [3.63, 3.8) is 0 Å². The highest BCUT2D eigenvalue weighted by Gasteiger charge is 2.34. The first-order valence-corrected chi connectivity index (χ1v) is 12.9. The molecular weight excluding hydrogens is 398 g/mol. The van der Waals surface area contributed by atoms with E-state index in [0.717, 1.165) is 0 Å². The maximum atomic E-state index is 2.51. The average molecular weight is 439 g/mol. The Hall–Kier alpha value is -2.41. The molecule has 33 heavy (non-hydrogen) atoms. The zero-order valence-corrected chi connectivity index (χ0v) is 21.8. The Kier molecular flexibility index (Phi) is 5.31. The van der Waals surface area contributed by atoms with E-state index >= 15 is 0 Å². The summed E-state index contributed by atoms with van der Waals surface area (Å²) in [5, 5.41) is 2.82. The zero-order valence-electron chi connectivity index (χ0n) is 21.8. The standard InChI is InChI=1S/C32H40N/c1-19(2)24-15-27(20(3)4)21(5)28(16-24)29-17-26-14-25(23-9-11-32(6,7)18-23)13-22-10-12-33(8)31(29)30(22)26/h10,12-17,19-20,23H,9,11,18H2,1-8H3/q+1. The summed E-state index contributed by atoms with van der Waals surface area (Å²) in [6, 6.07) is 12.2. The Balaban J connectivity index is 1.71. The quantitative estimate of drug-likeness (QED) is 0.282. The lowest BCUT2D eigenvalue weighted by Gasteiger charge is -2.19. The third-order valence-electron chi connectivity index (χ3n) is 8.33. The third-order valence-corrected chi connectivity index (χ3v) is 8.33. The van der Waals surface area contributed by atoms with Crippen LogP contribution in [0.25, 0.3) is 22.4 Å². The largest absolute Gasteiger partial charge is 0.221 e. The van der Waals surface area contributed by atoms with Gasteiger partial charge in [0, 0.05) is 6.07 Å². The summed E-state index contributed by atoms with van der Waals surface area (Å²) in [6.07, 6.45) is 8.69. The smallest absolute Gasteiger partial charge is 0.200 e. The number of benzene rings is 2. The van der Waals surface area contributed by atoms with Crippen molar-refractivity contribution in [1.82, 2.24) is 0 Å². The van der Waals surface area contributed by atoms with Gasteiger partial charge >= 0.3 is 0 Å². The van der Waals surface area contributed by atoms with E-state index in [9.17, 15) is 0 Å². The van der Waals surface area contributed by atoms with Crippen LogP contribution in [-0.4, -0.2) is 0 Å². The minimum atomic E-state index is 0.469. The summed E-state index contributed by atoms with van der Waals surface area (Å²) in [7, 11) is 2.20. The predicted molar refractivity (Wildman–Crippen MR) is 142 cm³/mol. The molecule has 1 heterocycles. The van der Waals surface area contributed by atoms with Crippen LogP contribution >= 0.6 is 0 Å². The minimum absolute atomic E-state index is 0.469. The van der Waals surface area contributed by atoms with Crippen molar-refractivity contribution in [2.24, 2.45) is 12.5 Å². The van der Waals surface area contributed by atoms with Gasteiger partial charge in [-0.1, -0.05) is 65.8 Å². The molecule has 2 aromatic carbocycles. The van der Waals surface area contributed by atoms with Crippen LogP contribution in [0, 0.1) is 12.3 Å². The first-order chi connectivity index (χ1) is 15.6. The second-order valence-corrected chi connectivity index (χ2v) is 12.1. The Morgan fingerprint density at radius 3 is 2.39 bits per heavy atom. The van der Waals surface area contributed by atoms with Gasteiger partial charge in [-0.3, -0.25) is 0 Å². The number of hydrogen-bond acceptors (Lipinski definition) is 0. The average Bonchev–Trinajstić information content (AvgIpc) is 3.31. The van der Waals surface area contributed by atoms with Crippen LogP contribution in [-0.2, 0) is 7.05 Å². The van der Waals surface area contributed by atoms with E-state index in [1.54, 1.807) is 0 Å². The van der Waals surface area contributed by atoms with Crippen LogP contribution < -0.4 is 4.57 Å². The van der Waals surface area contributed by atoms with Crippen LogP contribution in [0.3, 0.4) is 0 Å². The van der Waals surface area contributed by atoms with Gasteiger partial charge < -0.3 is 0 Å². The van der Waals surface area contributed by atoms with Crippen molar-refractivity contribution in [2.75, 3.05) is 0 Å². The van der Waals surface area contributed by atoms with Gasteiger partial charge in [0.25, 0.3) is 0 Å². The molecule has 5 rings (SSSR count). The number of hydrogen-bond donors (Lipinski definition) is 0. The Morgan fingerprint density at radius 2 is 1.76 bits per heavy atom. The summed E-state index contributed by atoms with van der Waals surface area (Å²) in [5.74, 6) is 1.73. The molecule has 1 aromatic heterocycles. The lowest BCUT2D eigenvalue weighted by atomic mass is 9.85. The van der Waals surface area contributed by atoms with Crippen molar-refractivity contribution >= 4 is 22.4 Å². The fourth-order valence-electron chi connectivity index (χ4n) is 6.36. The topological polar surface area (TPSA) is 3.88 Å². The number of pyridine rings is 1. The summed E-state index contributed by atoms with van der Waals surface area (Å²) in [5.41, 5.74) is 12.0. The molecule has 1 unspecified atom stereocenters. The van der Waals surface area contributed by atoms with E-state index in [1.807, 2.05) is 0 Å². The number of nitrogens with zero attached hydrogens (tertiary/aromatic N) is 1.